The van der Waals surface area contributed by atoms with Gasteiger partial charge in [0.15, 0.2) is 12.4 Å². The smallest absolute Gasteiger partial charge is 0.331 e. The molecule has 0 spiro atoms. The van der Waals surface area contributed by atoms with Crippen LogP contribution in [0.5, 0.6) is 0 Å². The maximum atomic E-state index is 12.0. The van der Waals surface area contributed by atoms with Crippen LogP contribution in [0.15, 0.2) is 48.5 Å². The summed E-state index contributed by atoms with van der Waals surface area (Å²) in [5, 5.41) is 3.40. The minimum absolute atomic E-state index is 0.205. The first kappa shape index (κ1) is 19.7. The van der Waals surface area contributed by atoms with Gasteiger partial charge in [0.1, 0.15) is 0 Å². The summed E-state index contributed by atoms with van der Waals surface area (Å²) in [6.07, 6.45) is 2.58. The molecule has 2 rings (SSSR count). The molecule has 2 aromatic carbocycles. The van der Waals surface area contributed by atoms with E-state index in [0.29, 0.717) is 26.9 Å². The summed E-state index contributed by atoms with van der Waals surface area (Å²) in [6.45, 7) is 0.987. The molecule has 0 unspecified atom stereocenters. The van der Waals surface area contributed by atoms with Crippen molar-refractivity contribution in [3.8, 4) is 0 Å². The number of carbonyl (C=O) groups is 3. The Kier molecular flexibility index (Phi) is 6.95. The van der Waals surface area contributed by atoms with Gasteiger partial charge >= 0.3 is 5.97 Å². The fraction of sp³-hybridized carbons (Fsp3) is 0.105. The first-order chi connectivity index (χ1) is 12.4. The van der Waals surface area contributed by atoms with Gasteiger partial charge in [-0.25, -0.2) is 4.79 Å². The lowest BCUT2D eigenvalue weighted by Gasteiger charge is -2.05. The Morgan fingerprint density at radius 1 is 1.04 bits per heavy atom. The molecule has 1 N–H and O–H groups in total. The average Bonchev–Trinajstić information content (AvgIpc) is 2.59. The zero-order valence-electron chi connectivity index (χ0n) is 13.8. The second-order valence-corrected chi connectivity index (χ2v) is 6.07. The molecule has 134 valence electrons. The third kappa shape index (κ3) is 5.72. The highest BCUT2D eigenvalue weighted by molar-refractivity contribution is 6.37. The van der Waals surface area contributed by atoms with Gasteiger partial charge in [0.2, 0.25) is 5.91 Å². The number of Topliss-reactive ketones (excluding diaryl/α,β-unsaturated/α-hetero) is 1. The van der Waals surface area contributed by atoms with Gasteiger partial charge in [-0.2, -0.15) is 0 Å². The highest BCUT2D eigenvalue weighted by Gasteiger charge is 2.09. The number of anilines is 1. The summed E-state index contributed by atoms with van der Waals surface area (Å²) in [4.78, 5) is 34.7. The highest BCUT2D eigenvalue weighted by atomic mass is 35.5. The van der Waals surface area contributed by atoms with Gasteiger partial charge in [0.05, 0.1) is 0 Å². The molecule has 26 heavy (non-hydrogen) atoms. The van der Waals surface area contributed by atoms with Gasteiger partial charge in [-0.1, -0.05) is 29.3 Å². The zero-order chi connectivity index (χ0) is 19.1. The number of halogens is 2. The molecule has 0 fully saturated rings. The molecule has 0 aliphatic carbocycles. The molecule has 0 aliphatic heterocycles. The Labute approximate surface area is 160 Å². The van der Waals surface area contributed by atoms with Crippen LogP contribution in [0.25, 0.3) is 6.08 Å². The van der Waals surface area contributed by atoms with E-state index in [2.05, 4.69) is 5.32 Å². The molecule has 0 radical (unpaired) electrons. The van der Waals surface area contributed by atoms with Crippen LogP contribution < -0.4 is 5.32 Å². The van der Waals surface area contributed by atoms with Crippen LogP contribution >= 0.6 is 23.2 Å². The van der Waals surface area contributed by atoms with Crippen molar-refractivity contribution in [2.75, 3.05) is 11.9 Å². The van der Waals surface area contributed by atoms with E-state index in [1.165, 1.54) is 13.0 Å². The van der Waals surface area contributed by atoms with E-state index in [0.717, 1.165) is 6.08 Å². The van der Waals surface area contributed by atoms with E-state index >= 15 is 0 Å². The van der Waals surface area contributed by atoms with Gasteiger partial charge in [-0.15, -0.1) is 0 Å². The lowest BCUT2D eigenvalue weighted by atomic mass is 10.1. The summed E-state index contributed by atoms with van der Waals surface area (Å²) in [5.74, 6) is -1.26. The molecule has 2 aromatic rings. The van der Waals surface area contributed by atoms with Crippen molar-refractivity contribution in [2.45, 2.75) is 6.92 Å². The van der Waals surface area contributed by atoms with Crippen LogP contribution in [0.2, 0.25) is 10.0 Å². The third-order valence-electron chi connectivity index (χ3n) is 3.26. The van der Waals surface area contributed by atoms with Crippen LogP contribution in [-0.2, 0) is 14.3 Å². The summed E-state index contributed by atoms with van der Waals surface area (Å²) >= 11 is 12.0. The molecule has 0 aliphatic rings. The Morgan fingerprint density at radius 3 is 2.23 bits per heavy atom. The van der Waals surface area contributed by atoms with Crippen molar-refractivity contribution in [3.05, 3.63) is 69.7 Å². The molecule has 0 bridgehead atoms. The maximum Gasteiger partial charge on any atom is 0.331 e. The van der Waals surface area contributed by atoms with Crippen LogP contribution in [0.3, 0.4) is 0 Å². The number of hydrogen-bond donors (Lipinski definition) is 1. The van der Waals surface area contributed by atoms with E-state index in [9.17, 15) is 14.4 Å². The summed E-state index contributed by atoms with van der Waals surface area (Å²) in [7, 11) is 0. The van der Waals surface area contributed by atoms with Gasteiger partial charge in [0, 0.05) is 39.9 Å². The average molecular weight is 392 g/mol. The Morgan fingerprint density at radius 2 is 1.65 bits per heavy atom. The van der Waals surface area contributed by atoms with Gasteiger partial charge < -0.3 is 10.1 Å². The number of carbonyl (C=O) groups excluding carboxylic acids is 3. The summed E-state index contributed by atoms with van der Waals surface area (Å²) in [5.41, 5.74) is 1.43. The number of ether oxygens (including phenoxy) is 1. The number of ketones is 1. The number of benzene rings is 2. The Bertz CT molecular complexity index is 840. The molecular weight excluding hydrogens is 377 g/mol. The third-order valence-corrected chi connectivity index (χ3v) is 3.92. The first-order valence-corrected chi connectivity index (χ1v) is 8.32. The quantitative estimate of drug-likeness (QED) is 0.450. The summed E-state index contributed by atoms with van der Waals surface area (Å²) in [6, 6.07) is 11.3. The van der Waals surface area contributed by atoms with Crippen LogP contribution in [0, 0.1) is 0 Å². The highest BCUT2D eigenvalue weighted by Crippen LogP contribution is 2.25. The van der Waals surface area contributed by atoms with Crippen LogP contribution in [0.1, 0.15) is 22.8 Å². The molecule has 0 atom stereocenters. The number of rotatable bonds is 6. The number of amides is 1. The second kappa shape index (κ2) is 9.17. The molecular formula is C19H15Cl2NO4. The minimum atomic E-state index is -0.691. The van der Waals surface area contributed by atoms with Crippen molar-refractivity contribution >= 4 is 52.6 Å². The largest absolute Gasteiger partial charge is 0.454 e. The van der Waals surface area contributed by atoms with E-state index < -0.39 is 12.6 Å². The SMILES string of the molecule is CC(=O)Nc1ccc(C(=O)COC(=O)/C=C/c2c(Cl)cccc2Cl)cc1. The number of esters is 1. The second-order valence-electron chi connectivity index (χ2n) is 5.26. The first-order valence-electron chi connectivity index (χ1n) is 7.56. The normalized spacial score (nSPS) is 10.6. The maximum absolute atomic E-state index is 12.0. The van der Waals surface area contributed by atoms with E-state index in [4.69, 9.17) is 27.9 Å². The predicted molar refractivity (Wildman–Crippen MR) is 102 cm³/mol. The molecule has 1 amide bonds. The predicted octanol–water partition coefficient (Wildman–Crippen LogP) is 4.39. The zero-order valence-corrected chi connectivity index (χ0v) is 15.3. The monoisotopic (exact) mass is 391 g/mol. The Hall–Kier alpha value is -2.63. The summed E-state index contributed by atoms with van der Waals surface area (Å²) < 4.78 is 4.92. The van der Waals surface area contributed by atoms with Gasteiger partial charge in [0.25, 0.3) is 0 Å². The molecule has 7 heteroatoms. The minimum Gasteiger partial charge on any atom is -0.454 e. The standard InChI is InChI=1S/C19H15Cl2NO4/c1-12(23)22-14-7-5-13(6-8-14)18(24)11-26-19(25)10-9-15-16(20)3-2-4-17(15)21/h2-10H,11H2,1H3,(H,22,23)/b10-9+. The number of nitrogens with one attached hydrogen (secondary N) is 1. The number of hydrogen-bond acceptors (Lipinski definition) is 4. The van der Waals surface area contributed by atoms with Gasteiger partial charge in [-0.05, 0) is 42.5 Å². The van der Waals surface area contributed by atoms with E-state index in [-0.39, 0.29) is 11.7 Å². The van der Waals surface area contributed by atoms with Crippen molar-refractivity contribution in [1.29, 1.82) is 0 Å². The molecule has 0 saturated heterocycles. The molecule has 0 heterocycles. The van der Waals surface area contributed by atoms with Crippen molar-refractivity contribution in [1.82, 2.24) is 0 Å². The van der Waals surface area contributed by atoms with Gasteiger partial charge in [-0.3, -0.25) is 9.59 Å². The lowest BCUT2D eigenvalue weighted by Crippen LogP contribution is -2.13. The van der Waals surface area contributed by atoms with Crippen molar-refractivity contribution in [3.63, 3.8) is 0 Å². The molecule has 5 nitrogen and oxygen atoms in total. The van der Waals surface area contributed by atoms with E-state index in [1.807, 2.05) is 0 Å². The van der Waals surface area contributed by atoms with Crippen molar-refractivity contribution in [2.24, 2.45) is 0 Å². The molecule has 0 saturated carbocycles. The molecule has 0 aromatic heterocycles. The fourth-order valence-electron chi connectivity index (χ4n) is 2.03. The Balaban J connectivity index is 1.91. The topological polar surface area (TPSA) is 72.5 Å². The van der Waals surface area contributed by atoms with Crippen LogP contribution in [0.4, 0.5) is 5.69 Å². The fourth-order valence-corrected chi connectivity index (χ4v) is 2.56. The van der Waals surface area contributed by atoms with Crippen LogP contribution in [-0.4, -0.2) is 24.3 Å². The lowest BCUT2D eigenvalue weighted by molar-refractivity contribution is -0.136. The van der Waals surface area contributed by atoms with Crippen molar-refractivity contribution < 1.29 is 19.1 Å². The van der Waals surface area contributed by atoms with E-state index in [1.54, 1.807) is 42.5 Å².